The molecular weight excluding hydrogens is 328 g/mol. The van der Waals surface area contributed by atoms with E-state index in [1.807, 2.05) is 14.0 Å². The summed E-state index contributed by atoms with van der Waals surface area (Å²) in [5.41, 5.74) is 7.11. The van der Waals surface area contributed by atoms with Crippen LogP contribution in [0.3, 0.4) is 0 Å². The average molecular weight is 343 g/mol. The predicted molar refractivity (Wildman–Crippen MR) is 74.5 cm³/mol. The second-order valence-corrected chi connectivity index (χ2v) is 4.94. The molecule has 2 aromatic heterocycles. The van der Waals surface area contributed by atoms with E-state index in [9.17, 15) is 4.79 Å². The zero-order valence-electron chi connectivity index (χ0n) is 11.2. The lowest BCUT2D eigenvalue weighted by Crippen LogP contribution is -2.15. The van der Waals surface area contributed by atoms with Crippen molar-refractivity contribution in [2.75, 3.05) is 5.73 Å². The molecule has 2 rings (SSSR count). The number of anilines is 1. The maximum Gasteiger partial charge on any atom is 0.328 e. The average Bonchev–Trinajstić information content (AvgIpc) is 2.92. The number of nitrogens with zero attached hydrogens (tertiary/aromatic N) is 5. The van der Waals surface area contributed by atoms with Gasteiger partial charge in [0, 0.05) is 7.05 Å². The van der Waals surface area contributed by atoms with Crippen LogP contribution in [0, 0.1) is 0 Å². The van der Waals surface area contributed by atoms with Crippen LogP contribution >= 0.6 is 15.9 Å². The highest BCUT2D eigenvalue weighted by molar-refractivity contribution is 9.10. The third-order valence-electron chi connectivity index (χ3n) is 2.72. The molecular formula is C11H15BrN6O2. The number of carbonyl (C=O) groups is 1. The minimum Gasteiger partial charge on any atom is -0.458 e. The second-order valence-electron chi connectivity index (χ2n) is 4.15. The van der Waals surface area contributed by atoms with Gasteiger partial charge < -0.3 is 10.5 Å². The molecule has 0 spiro atoms. The zero-order chi connectivity index (χ0) is 14.7. The number of aryl methyl sites for hydroxylation is 2. The van der Waals surface area contributed by atoms with Crippen molar-refractivity contribution in [3.05, 3.63) is 22.2 Å². The highest BCUT2D eigenvalue weighted by Gasteiger charge is 2.14. The monoisotopic (exact) mass is 342 g/mol. The molecule has 0 radical (unpaired) electrons. The number of hydrogen-bond acceptors (Lipinski definition) is 6. The number of ether oxygens (including phenoxy) is 1. The molecule has 0 unspecified atom stereocenters. The molecule has 0 fully saturated rings. The maximum absolute atomic E-state index is 11.7. The topological polar surface area (TPSA) is 101 Å². The van der Waals surface area contributed by atoms with Gasteiger partial charge in [0.05, 0.1) is 15.9 Å². The fourth-order valence-electron chi connectivity index (χ4n) is 1.69. The summed E-state index contributed by atoms with van der Waals surface area (Å²) < 4.78 is 9.10. The molecule has 0 aliphatic heterocycles. The Morgan fingerprint density at radius 3 is 2.80 bits per heavy atom. The quantitative estimate of drug-likeness (QED) is 0.801. The molecule has 108 valence electrons. The molecule has 0 aliphatic rings. The Bertz CT molecular complexity index is 620. The molecule has 0 aromatic carbocycles. The van der Waals surface area contributed by atoms with E-state index in [2.05, 4.69) is 31.1 Å². The van der Waals surface area contributed by atoms with Gasteiger partial charge in [-0.1, -0.05) is 6.92 Å². The van der Waals surface area contributed by atoms with Gasteiger partial charge in [-0.2, -0.15) is 5.10 Å². The predicted octanol–water partition coefficient (Wildman–Crippen LogP) is 0.662. The lowest BCUT2D eigenvalue weighted by Gasteiger charge is -2.05. The van der Waals surface area contributed by atoms with Crippen molar-refractivity contribution >= 4 is 27.8 Å². The number of carbonyl (C=O) groups excluding carboxylic acids is 1. The lowest BCUT2D eigenvalue weighted by atomic mass is 10.3. The molecule has 8 nitrogen and oxygen atoms in total. The summed E-state index contributed by atoms with van der Waals surface area (Å²) in [4.78, 5) is 15.4. The van der Waals surface area contributed by atoms with E-state index in [0.717, 1.165) is 22.3 Å². The first-order valence-electron chi connectivity index (χ1n) is 6.02. The summed E-state index contributed by atoms with van der Waals surface area (Å²) in [5, 5.41) is 8.14. The van der Waals surface area contributed by atoms with E-state index in [4.69, 9.17) is 10.5 Å². The fraction of sp³-hybridized carbons (Fsp3) is 0.455. The summed E-state index contributed by atoms with van der Waals surface area (Å²) in [6.45, 7) is 2.13. The van der Waals surface area contributed by atoms with Crippen LogP contribution in [0.4, 0.5) is 5.95 Å². The fourth-order valence-corrected chi connectivity index (χ4v) is 2.42. The normalized spacial score (nSPS) is 10.8. The van der Waals surface area contributed by atoms with Crippen LogP contribution in [0.2, 0.25) is 0 Å². The molecule has 20 heavy (non-hydrogen) atoms. The molecule has 2 heterocycles. The van der Waals surface area contributed by atoms with E-state index in [1.54, 1.807) is 4.68 Å². The highest BCUT2D eigenvalue weighted by atomic mass is 79.9. The molecule has 9 heteroatoms. The number of nitrogens with two attached hydrogens (primary N) is 1. The summed E-state index contributed by atoms with van der Waals surface area (Å²) in [5.74, 6) is -0.291. The number of rotatable bonds is 5. The van der Waals surface area contributed by atoms with Crippen molar-refractivity contribution < 1.29 is 9.53 Å². The Morgan fingerprint density at radius 2 is 2.25 bits per heavy atom. The van der Waals surface area contributed by atoms with Crippen molar-refractivity contribution in [3.8, 4) is 0 Å². The first-order valence-corrected chi connectivity index (χ1v) is 6.81. The van der Waals surface area contributed by atoms with Gasteiger partial charge in [0.2, 0.25) is 5.95 Å². The number of nitrogen functional groups attached to an aromatic ring is 1. The highest BCUT2D eigenvalue weighted by Crippen LogP contribution is 2.22. The van der Waals surface area contributed by atoms with E-state index >= 15 is 0 Å². The Morgan fingerprint density at radius 1 is 1.50 bits per heavy atom. The molecule has 2 aromatic rings. The van der Waals surface area contributed by atoms with Crippen LogP contribution < -0.4 is 5.73 Å². The van der Waals surface area contributed by atoms with Gasteiger partial charge in [0.1, 0.15) is 19.5 Å². The van der Waals surface area contributed by atoms with Crippen LogP contribution in [-0.4, -0.2) is 30.5 Å². The Labute approximate surface area is 124 Å². The number of aromatic nitrogens is 5. The smallest absolute Gasteiger partial charge is 0.328 e. The van der Waals surface area contributed by atoms with Crippen molar-refractivity contribution in [1.82, 2.24) is 24.5 Å². The van der Waals surface area contributed by atoms with E-state index < -0.39 is 5.97 Å². The van der Waals surface area contributed by atoms with Gasteiger partial charge in [0.25, 0.3) is 0 Å². The first-order chi connectivity index (χ1) is 9.51. The number of halogens is 1. The molecule has 0 atom stereocenters. The molecule has 0 aliphatic carbocycles. The lowest BCUT2D eigenvalue weighted by molar-refractivity contribution is -0.146. The van der Waals surface area contributed by atoms with Crippen molar-refractivity contribution in [2.45, 2.75) is 26.5 Å². The zero-order valence-corrected chi connectivity index (χ0v) is 12.8. The Kier molecular flexibility index (Phi) is 4.38. The van der Waals surface area contributed by atoms with Crippen LogP contribution in [0.25, 0.3) is 0 Å². The van der Waals surface area contributed by atoms with Crippen molar-refractivity contribution in [2.24, 2.45) is 7.05 Å². The van der Waals surface area contributed by atoms with E-state index in [1.165, 1.54) is 11.0 Å². The first kappa shape index (κ1) is 14.5. The third-order valence-corrected chi connectivity index (χ3v) is 3.63. The van der Waals surface area contributed by atoms with Gasteiger partial charge in [0.15, 0.2) is 0 Å². The molecule has 2 N–H and O–H groups in total. The van der Waals surface area contributed by atoms with Gasteiger partial charge in [-0.05, 0) is 22.4 Å². The largest absolute Gasteiger partial charge is 0.458 e. The number of hydrogen-bond donors (Lipinski definition) is 1. The van der Waals surface area contributed by atoms with E-state index in [-0.39, 0.29) is 19.1 Å². The molecule has 0 bridgehead atoms. The van der Waals surface area contributed by atoms with Crippen LogP contribution in [0.15, 0.2) is 10.8 Å². The minimum atomic E-state index is -0.416. The number of esters is 1. The molecule has 0 saturated carbocycles. The summed E-state index contributed by atoms with van der Waals surface area (Å²) >= 11 is 3.46. The Hall–Kier alpha value is -1.90. The van der Waals surface area contributed by atoms with Crippen LogP contribution in [-0.2, 0) is 36.2 Å². The molecule has 0 saturated heterocycles. The maximum atomic E-state index is 11.7. The molecule has 0 amide bonds. The summed E-state index contributed by atoms with van der Waals surface area (Å²) in [6.07, 6.45) is 2.19. The third kappa shape index (κ3) is 3.16. The van der Waals surface area contributed by atoms with Crippen LogP contribution in [0.1, 0.15) is 18.3 Å². The van der Waals surface area contributed by atoms with Gasteiger partial charge in [-0.3, -0.25) is 9.48 Å². The SMILES string of the molecule is CCc1nn(C)c(COC(=O)Cn2cnc(N)n2)c1Br. The minimum absolute atomic E-state index is 0.0275. The summed E-state index contributed by atoms with van der Waals surface area (Å²) in [7, 11) is 1.81. The Balaban J connectivity index is 1.95. The van der Waals surface area contributed by atoms with Gasteiger partial charge in [-0.15, -0.1) is 5.10 Å². The second kappa shape index (κ2) is 6.04. The van der Waals surface area contributed by atoms with Crippen LogP contribution in [0.5, 0.6) is 0 Å². The van der Waals surface area contributed by atoms with Crippen molar-refractivity contribution in [3.63, 3.8) is 0 Å². The standard InChI is InChI=1S/C11H15BrN6O2/c1-3-7-10(12)8(17(2)15-7)5-20-9(19)4-18-6-14-11(13)16-18/h6H,3-5H2,1-2H3,(H2,13,16). The van der Waals surface area contributed by atoms with Gasteiger partial charge in [-0.25, -0.2) is 9.67 Å². The van der Waals surface area contributed by atoms with Crippen molar-refractivity contribution in [1.29, 1.82) is 0 Å². The van der Waals surface area contributed by atoms with Gasteiger partial charge >= 0.3 is 5.97 Å². The summed E-state index contributed by atoms with van der Waals surface area (Å²) in [6, 6.07) is 0. The van der Waals surface area contributed by atoms with E-state index in [0.29, 0.717) is 0 Å².